The standard InChI is InChI=1S/C17H14FNO/c18-17-7-4-12(8-15(17)10-19)11-20-16-6-5-13-2-1-3-14(13)9-16/h4-9H,1-3,11H2. The second kappa shape index (κ2) is 5.34. The van der Waals surface area contributed by atoms with Crippen LogP contribution in [0.15, 0.2) is 36.4 Å². The van der Waals surface area contributed by atoms with Crippen molar-refractivity contribution in [3.8, 4) is 11.8 Å². The van der Waals surface area contributed by atoms with Crippen LogP contribution in [0.3, 0.4) is 0 Å². The van der Waals surface area contributed by atoms with E-state index in [1.165, 1.54) is 29.7 Å². The van der Waals surface area contributed by atoms with E-state index in [1.54, 1.807) is 6.07 Å². The van der Waals surface area contributed by atoms with Gasteiger partial charge in [-0.3, -0.25) is 0 Å². The molecule has 0 fully saturated rings. The fourth-order valence-corrected chi connectivity index (χ4v) is 2.55. The molecule has 20 heavy (non-hydrogen) atoms. The van der Waals surface area contributed by atoms with Crippen molar-refractivity contribution in [2.45, 2.75) is 25.9 Å². The summed E-state index contributed by atoms with van der Waals surface area (Å²) in [6.45, 7) is 0.341. The van der Waals surface area contributed by atoms with Gasteiger partial charge in [-0.15, -0.1) is 0 Å². The Bertz CT molecular complexity index is 688. The number of hydrogen-bond donors (Lipinski definition) is 0. The summed E-state index contributed by atoms with van der Waals surface area (Å²) in [5.41, 5.74) is 3.62. The fraction of sp³-hybridized carbons (Fsp3) is 0.235. The highest BCUT2D eigenvalue weighted by molar-refractivity contribution is 5.39. The predicted octanol–water partition coefficient (Wildman–Crippen LogP) is 3.77. The summed E-state index contributed by atoms with van der Waals surface area (Å²) in [6.07, 6.45) is 3.48. The van der Waals surface area contributed by atoms with E-state index in [-0.39, 0.29) is 5.56 Å². The topological polar surface area (TPSA) is 33.0 Å². The van der Waals surface area contributed by atoms with Crippen molar-refractivity contribution >= 4 is 0 Å². The molecule has 0 spiro atoms. The quantitative estimate of drug-likeness (QED) is 0.848. The van der Waals surface area contributed by atoms with Gasteiger partial charge in [0.2, 0.25) is 0 Å². The Morgan fingerprint density at radius 2 is 1.95 bits per heavy atom. The van der Waals surface area contributed by atoms with Gasteiger partial charge in [-0.25, -0.2) is 4.39 Å². The molecule has 0 atom stereocenters. The number of aryl methyl sites for hydroxylation is 2. The molecule has 0 heterocycles. The highest BCUT2D eigenvalue weighted by Crippen LogP contribution is 2.26. The maximum Gasteiger partial charge on any atom is 0.140 e. The van der Waals surface area contributed by atoms with Crippen LogP contribution < -0.4 is 4.74 Å². The van der Waals surface area contributed by atoms with Gasteiger partial charge in [-0.1, -0.05) is 12.1 Å². The van der Waals surface area contributed by atoms with Crippen molar-refractivity contribution in [3.05, 3.63) is 64.5 Å². The summed E-state index contributed by atoms with van der Waals surface area (Å²) in [4.78, 5) is 0. The van der Waals surface area contributed by atoms with E-state index in [9.17, 15) is 4.39 Å². The highest BCUT2D eigenvalue weighted by atomic mass is 19.1. The fourth-order valence-electron chi connectivity index (χ4n) is 2.55. The maximum atomic E-state index is 13.2. The molecule has 0 saturated heterocycles. The summed E-state index contributed by atoms with van der Waals surface area (Å²) in [7, 11) is 0. The Hall–Kier alpha value is -2.34. The normalized spacial score (nSPS) is 12.8. The zero-order chi connectivity index (χ0) is 13.9. The summed E-state index contributed by atoms with van der Waals surface area (Å²) >= 11 is 0. The maximum absolute atomic E-state index is 13.2. The smallest absolute Gasteiger partial charge is 0.140 e. The van der Waals surface area contributed by atoms with Gasteiger partial charge in [0.25, 0.3) is 0 Å². The van der Waals surface area contributed by atoms with Crippen LogP contribution in [0.2, 0.25) is 0 Å². The minimum absolute atomic E-state index is 0.0556. The van der Waals surface area contributed by atoms with E-state index in [2.05, 4.69) is 12.1 Å². The molecule has 0 aliphatic heterocycles. The van der Waals surface area contributed by atoms with Crippen LogP contribution in [-0.2, 0) is 19.4 Å². The Labute approximate surface area is 117 Å². The number of benzene rings is 2. The van der Waals surface area contributed by atoms with Crippen LogP contribution >= 0.6 is 0 Å². The van der Waals surface area contributed by atoms with Gasteiger partial charge < -0.3 is 4.74 Å². The second-order valence-electron chi connectivity index (χ2n) is 5.00. The molecule has 0 amide bonds. The lowest BCUT2D eigenvalue weighted by molar-refractivity contribution is 0.305. The lowest BCUT2D eigenvalue weighted by atomic mass is 10.1. The predicted molar refractivity (Wildman–Crippen MR) is 73.9 cm³/mol. The molecule has 2 aromatic rings. The summed E-state index contributed by atoms with van der Waals surface area (Å²) in [5.74, 6) is 0.335. The number of nitrogens with zero attached hydrogens (tertiary/aromatic N) is 1. The molecule has 1 aliphatic rings. The average molecular weight is 267 g/mol. The van der Waals surface area contributed by atoms with E-state index < -0.39 is 5.82 Å². The third kappa shape index (κ3) is 2.50. The first-order valence-electron chi connectivity index (χ1n) is 6.69. The molecular weight excluding hydrogens is 253 g/mol. The first-order chi connectivity index (χ1) is 9.76. The molecule has 0 radical (unpaired) electrons. The summed E-state index contributed by atoms with van der Waals surface area (Å²) in [5, 5.41) is 8.80. The molecule has 3 heteroatoms. The molecule has 0 saturated carbocycles. The Kier molecular flexibility index (Phi) is 3.39. The molecule has 3 rings (SSSR count). The summed E-state index contributed by atoms with van der Waals surface area (Å²) in [6, 6.07) is 12.5. The van der Waals surface area contributed by atoms with Crippen molar-refractivity contribution in [2.24, 2.45) is 0 Å². The molecule has 0 N–H and O–H groups in total. The number of rotatable bonds is 3. The van der Waals surface area contributed by atoms with Crippen molar-refractivity contribution in [3.63, 3.8) is 0 Å². The van der Waals surface area contributed by atoms with E-state index in [0.29, 0.717) is 6.61 Å². The van der Waals surface area contributed by atoms with Gasteiger partial charge in [-0.05, 0) is 60.2 Å². The number of hydrogen-bond acceptors (Lipinski definition) is 2. The van der Waals surface area contributed by atoms with Crippen LogP contribution in [0.5, 0.6) is 5.75 Å². The Morgan fingerprint density at radius 1 is 1.10 bits per heavy atom. The van der Waals surface area contributed by atoms with Gasteiger partial charge in [0.1, 0.15) is 24.2 Å². The van der Waals surface area contributed by atoms with Crippen molar-refractivity contribution < 1.29 is 9.13 Å². The van der Waals surface area contributed by atoms with Crippen LogP contribution in [0, 0.1) is 17.1 Å². The van der Waals surface area contributed by atoms with E-state index in [1.807, 2.05) is 12.1 Å². The monoisotopic (exact) mass is 267 g/mol. The number of halogens is 1. The average Bonchev–Trinajstić information content (AvgIpc) is 2.94. The molecule has 1 aliphatic carbocycles. The lowest BCUT2D eigenvalue weighted by Gasteiger charge is -2.08. The van der Waals surface area contributed by atoms with Gasteiger partial charge in [0.05, 0.1) is 5.56 Å². The SMILES string of the molecule is N#Cc1cc(COc2ccc3c(c2)CCC3)ccc1F. The van der Waals surface area contributed by atoms with Gasteiger partial charge in [0, 0.05) is 0 Å². The first kappa shape index (κ1) is 12.7. The molecule has 2 aromatic carbocycles. The highest BCUT2D eigenvalue weighted by Gasteiger charge is 2.11. The van der Waals surface area contributed by atoms with Crippen molar-refractivity contribution in [1.29, 1.82) is 5.26 Å². The zero-order valence-electron chi connectivity index (χ0n) is 11.0. The van der Waals surface area contributed by atoms with Crippen molar-refractivity contribution in [2.75, 3.05) is 0 Å². The minimum atomic E-state index is -0.492. The van der Waals surface area contributed by atoms with E-state index in [4.69, 9.17) is 10.00 Å². The van der Waals surface area contributed by atoms with Gasteiger partial charge in [-0.2, -0.15) is 5.26 Å². The molecule has 0 bridgehead atoms. The number of nitriles is 1. The van der Waals surface area contributed by atoms with E-state index >= 15 is 0 Å². The van der Waals surface area contributed by atoms with E-state index in [0.717, 1.165) is 24.2 Å². The van der Waals surface area contributed by atoms with Crippen LogP contribution in [0.1, 0.15) is 28.7 Å². The molecule has 0 unspecified atom stereocenters. The number of fused-ring (bicyclic) bond motifs is 1. The number of ether oxygens (including phenoxy) is 1. The second-order valence-corrected chi connectivity index (χ2v) is 5.00. The lowest BCUT2D eigenvalue weighted by Crippen LogP contribution is -1.97. The Morgan fingerprint density at radius 3 is 2.80 bits per heavy atom. The zero-order valence-corrected chi connectivity index (χ0v) is 11.0. The molecule has 100 valence electrons. The third-order valence-corrected chi connectivity index (χ3v) is 3.63. The molecule has 2 nitrogen and oxygen atoms in total. The molecular formula is C17H14FNO. The first-order valence-corrected chi connectivity index (χ1v) is 6.69. The largest absolute Gasteiger partial charge is 0.489 e. The summed E-state index contributed by atoms with van der Waals surface area (Å²) < 4.78 is 18.9. The van der Waals surface area contributed by atoms with Crippen molar-refractivity contribution in [1.82, 2.24) is 0 Å². The Balaban J connectivity index is 1.72. The van der Waals surface area contributed by atoms with Crippen LogP contribution in [0.4, 0.5) is 4.39 Å². The van der Waals surface area contributed by atoms with Crippen LogP contribution in [-0.4, -0.2) is 0 Å². The van der Waals surface area contributed by atoms with Gasteiger partial charge in [0.15, 0.2) is 0 Å². The molecule has 0 aromatic heterocycles. The van der Waals surface area contributed by atoms with Crippen LogP contribution in [0.25, 0.3) is 0 Å². The minimum Gasteiger partial charge on any atom is -0.489 e. The third-order valence-electron chi connectivity index (χ3n) is 3.63. The van der Waals surface area contributed by atoms with Gasteiger partial charge >= 0.3 is 0 Å².